The first-order chi connectivity index (χ1) is 14.3. The van der Waals surface area contributed by atoms with Crippen molar-refractivity contribution in [1.82, 2.24) is 10.3 Å². The number of hydrogen-bond acceptors (Lipinski definition) is 5. The summed E-state index contributed by atoms with van der Waals surface area (Å²) in [4.78, 5) is 28.4. The molecule has 30 heavy (non-hydrogen) atoms. The van der Waals surface area contributed by atoms with Gasteiger partial charge in [-0.3, -0.25) is 14.1 Å². The van der Waals surface area contributed by atoms with Crippen molar-refractivity contribution in [3.05, 3.63) is 53.6 Å². The fraction of sp³-hybridized carbons (Fsp3) is 0.286. The molecule has 0 unspecified atom stereocenters. The monoisotopic (exact) mass is 430 g/mol. The van der Waals surface area contributed by atoms with E-state index in [1.165, 1.54) is 0 Å². The lowest BCUT2D eigenvalue weighted by Crippen LogP contribution is -2.25. The van der Waals surface area contributed by atoms with E-state index in [2.05, 4.69) is 10.3 Å². The maximum Gasteiger partial charge on any atom is 0.303 e. The summed E-state index contributed by atoms with van der Waals surface area (Å²) in [6.07, 6.45) is 0.809. The van der Waals surface area contributed by atoms with E-state index in [4.69, 9.17) is 9.66 Å². The molecule has 0 saturated carbocycles. The van der Waals surface area contributed by atoms with Crippen LogP contribution in [0.2, 0.25) is 0 Å². The summed E-state index contributed by atoms with van der Waals surface area (Å²) in [5, 5.41) is 12.8. The molecule has 0 bridgehead atoms. The lowest BCUT2D eigenvalue weighted by molar-refractivity contribution is -0.137. The molecule has 3 N–H and O–H groups in total. The van der Waals surface area contributed by atoms with Crippen LogP contribution in [0.15, 0.2) is 42.5 Å². The summed E-state index contributed by atoms with van der Waals surface area (Å²) in [7, 11) is -4.07. The van der Waals surface area contributed by atoms with Crippen molar-refractivity contribution < 1.29 is 27.7 Å². The van der Waals surface area contributed by atoms with Crippen LogP contribution in [0.4, 0.5) is 0 Å². The van der Waals surface area contributed by atoms with Gasteiger partial charge in [0.05, 0.1) is 22.3 Å². The van der Waals surface area contributed by atoms with E-state index in [9.17, 15) is 18.0 Å². The normalized spacial score (nSPS) is 11.6. The maximum absolute atomic E-state index is 13.1. The maximum atomic E-state index is 13.1. The van der Waals surface area contributed by atoms with Gasteiger partial charge >= 0.3 is 5.97 Å². The fourth-order valence-electron chi connectivity index (χ4n) is 3.43. The quantitative estimate of drug-likeness (QED) is 0.270. The molecular formula is C21H22N2O6S. The average molecular weight is 430 g/mol. The Morgan fingerprint density at radius 3 is 2.47 bits per heavy atom. The van der Waals surface area contributed by atoms with Crippen molar-refractivity contribution in [2.24, 2.45) is 0 Å². The van der Waals surface area contributed by atoms with Gasteiger partial charge in [-0.1, -0.05) is 30.3 Å². The third-order valence-electron chi connectivity index (χ3n) is 4.72. The first-order valence-corrected chi connectivity index (χ1v) is 11.1. The Kier molecular flexibility index (Phi) is 6.63. The topological polar surface area (TPSA) is 134 Å². The first kappa shape index (κ1) is 21.7. The number of fused-ring (bicyclic) bond motifs is 2. The molecule has 0 saturated heterocycles. The second-order valence-electron chi connectivity index (χ2n) is 6.96. The third-order valence-corrected chi connectivity index (χ3v) is 5.53. The first-order valence-electron chi connectivity index (χ1n) is 9.52. The minimum absolute atomic E-state index is 0.0427. The van der Waals surface area contributed by atoms with Gasteiger partial charge in [0.15, 0.2) is 0 Å². The SMILES string of the molecule is O=C(O)CCCNC(=O)c1c2ccccc2nc2cccc(CCCS(=O)(=O)O)c12. The van der Waals surface area contributed by atoms with Gasteiger partial charge < -0.3 is 10.4 Å². The van der Waals surface area contributed by atoms with Crippen LogP contribution in [-0.4, -0.2) is 47.2 Å². The predicted octanol–water partition coefficient (Wildman–Crippen LogP) is 2.80. The number of carbonyl (C=O) groups excluding carboxylic acids is 1. The summed E-state index contributed by atoms with van der Waals surface area (Å²) in [5.74, 6) is -1.64. The summed E-state index contributed by atoms with van der Waals surface area (Å²) in [5.41, 5.74) is 2.43. The van der Waals surface area contributed by atoms with Crippen molar-refractivity contribution in [2.45, 2.75) is 25.7 Å². The van der Waals surface area contributed by atoms with Crippen LogP contribution in [0.25, 0.3) is 21.8 Å². The highest BCUT2D eigenvalue weighted by Crippen LogP contribution is 2.29. The van der Waals surface area contributed by atoms with Crippen molar-refractivity contribution >= 4 is 43.8 Å². The van der Waals surface area contributed by atoms with Crippen LogP contribution in [0.3, 0.4) is 0 Å². The van der Waals surface area contributed by atoms with E-state index in [-0.39, 0.29) is 31.0 Å². The number of pyridine rings is 1. The Hall–Kier alpha value is -3.04. The molecule has 0 atom stereocenters. The number of carboxylic acid groups (broad SMARTS) is 1. The van der Waals surface area contributed by atoms with Crippen LogP contribution in [0.5, 0.6) is 0 Å². The van der Waals surface area contributed by atoms with E-state index >= 15 is 0 Å². The molecule has 1 aromatic heterocycles. The van der Waals surface area contributed by atoms with Crippen LogP contribution in [0.1, 0.15) is 35.2 Å². The van der Waals surface area contributed by atoms with E-state index in [1.807, 2.05) is 12.1 Å². The van der Waals surface area contributed by atoms with Gasteiger partial charge in [-0.2, -0.15) is 8.42 Å². The zero-order valence-corrected chi connectivity index (χ0v) is 17.0. The summed E-state index contributed by atoms with van der Waals surface area (Å²) >= 11 is 0. The summed E-state index contributed by atoms with van der Waals surface area (Å²) in [6, 6.07) is 12.6. The smallest absolute Gasteiger partial charge is 0.303 e. The number of aliphatic carboxylic acids is 1. The Morgan fingerprint density at radius 1 is 1.00 bits per heavy atom. The number of para-hydroxylation sites is 1. The molecule has 0 fully saturated rings. The van der Waals surface area contributed by atoms with E-state index in [1.54, 1.807) is 30.3 Å². The highest BCUT2D eigenvalue weighted by molar-refractivity contribution is 7.85. The molecule has 0 aliphatic heterocycles. The van der Waals surface area contributed by atoms with Crippen molar-refractivity contribution in [3.8, 4) is 0 Å². The number of carbonyl (C=O) groups is 2. The van der Waals surface area contributed by atoms with E-state index in [0.29, 0.717) is 40.2 Å². The molecule has 9 heteroatoms. The predicted molar refractivity (Wildman–Crippen MR) is 113 cm³/mol. The van der Waals surface area contributed by atoms with Gasteiger partial charge in [-0.05, 0) is 37.0 Å². The van der Waals surface area contributed by atoms with Gasteiger partial charge in [0.1, 0.15) is 0 Å². The molecule has 0 spiro atoms. The number of benzene rings is 2. The number of aromatic nitrogens is 1. The molecule has 1 amide bonds. The van der Waals surface area contributed by atoms with Gasteiger partial charge in [0.25, 0.3) is 16.0 Å². The van der Waals surface area contributed by atoms with Crippen LogP contribution in [-0.2, 0) is 21.3 Å². The molecule has 0 aliphatic rings. The molecule has 2 aromatic carbocycles. The molecule has 0 aliphatic carbocycles. The number of amides is 1. The number of nitrogens with zero attached hydrogens (tertiary/aromatic N) is 1. The Morgan fingerprint density at radius 2 is 1.73 bits per heavy atom. The molecule has 3 aromatic rings. The Bertz CT molecular complexity index is 1210. The average Bonchev–Trinajstić information content (AvgIpc) is 2.68. The highest BCUT2D eigenvalue weighted by Gasteiger charge is 2.18. The molecule has 0 radical (unpaired) electrons. The van der Waals surface area contributed by atoms with Gasteiger partial charge in [0, 0.05) is 23.7 Å². The third kappa shape index (κ3) is 5.31. The van der Waals surface area contributed by atoms with Gasteiger partial charge in [-0.25, -0.2) is 4.98 Å². The molecular weight excluding hydrogens is 408 g/mol. The minimum Gasteiger partial charge on any atom is -0.481 e. The number of rotatable bonds is 9. The largest absolute Gasteiger partial charge is 0.481 e. The van der Waals surface area contributed by atoms with E-state index in [0.717, 1.165) is 5.56 Å². The molecule has 8 nitrogen and oxygen atoms in total. The molecule has 3 rings (SSSR count). The highest BCUT2D eigenvalue weighted by atomic mass is 32.2. The summed E-state index contributed by atoms with van der Waals surface area (Å²) in [6.45, 7) is 0.216. The number of carboxylic acids is 1. The van der Waals surface area contributed by atoms with Crippen molar-refractivity contribution in [3.63, 3.8) is 0 Å². The Balaban J connectivity index is 2.03. The number of aryl methyl sites for hydroxylation is 1. The number of hydrogen-bond donors (Lipinski definition) is 3. The van der Waals surface area contributed by atoms with Crippen LogP contribution in [0, 0.1) is 0 Å². The second-order valence-corrected chi connectivity index (χ2v) is 8.53. The zero-order valence-electron chi connectivity index (χ0n) is 16.2. The zero-order chi connectivity index (χ0) is 21.7. The lowest BCUT2D eigenvalue weighted by Gasteiger charge is -2.14. The summed E-state index contributed by atoms with van der Waals surface area (Å²) < 4.78 is 31.1. The minimum atomic E-state index is -4.07. The van der Waals surface area contributed by atoms with Crippen molar-refractivity contribution in [1.29, 1.82) is 0 Å². The van der Waals surface area contributed by atoms with Crippen LogP contribution >= 0.6 is 0 Å². The van der Waals surface area contributed by atoms with Crippen molar-refractivity contribution in [2.75, 3.05) is 12.3 Å². The van der Waals surface area contributed by atoms with Gasteiger partial charge in [-0.15, -0.1) is 0 Å². The molecule has 158 valence electrons. The Labute approximate surface area is 173 Å². The van der Waals surface area contributed by atoms with Gasteiger partial charge in [0.2, 0.25) is 0 Å². The second kappa shape index (κ2) is 9.19. The standard InChI is InChI=1S/C21H22N2O6S/c24-18(25)11-4-12-22-21(26)20-15-8-1-2-9-16(15)23-17-10-3-6-14(19(17)20)7-5-13-30(27,28)29/h1-3,6,8-10H,4-5,7,11-13H2,(H,22,26)(H,24,25)(H,27,28,29). The molecule has 1 heterocycles. The lowest BCUT2D eigenvalue weighted by atomic mass is 9.96. The van der Waals surface area contributed by atoms with E-state index < -0.39 is 16.1 Å². The van der Waals surface area contributed by atoms with Crippen LogP contribution < -0.4 is 5.32 Å². The number of nitrogens with one attached hydrogen (secondary N) is 1. The fourth-order valence-corrected chi connectivity index (χ4v) is 3.94.